The molecule has 0 radical (unpaired) electrons. The molecule has 2 heterocycles. The lowest BCUT2D eigenvalue weighted by atomic mass is 10.1. The molecule has 1 aliphatic carbocycles. The molecule has 0 N–H and O–H groups in total. The maximum absolute atomic E-state index is 11.0. The van der Waals surface area contributed by atoms with Crippen LogP contribution >= 0.6 is 0 Å². The van der Waals surface area contributed by atoms with Crippen molar-refractivity contribution in [2.24, 2.45) is 11.8 Å². The summed E-state index contributed by atoms with van der Waals surface area (Å²) in [6, 6.07) is 0. The molecular weight excluding hydrogens is 200 g/mol. The Balaban J connectivity index is 1.59. The topological polar surface area (TPSA) is 54.0 Å². The maximum Gasteiger partial charge on any atom is 0.331 e. The van der Waals surface area contributed by atoms with Crippen LogP contribution in [0.2, 0.25) is 0 Å². The van der Waals surface area contributed by atoms with Crippen LogP contribution in [0.15, 0.2) is 0 Å². The number of rotatable bonds is 3. The molecule has 2 saturated heterocycles. The molecule has 84 valence electrons. The molecular formula is C10H14O5. The highest BCUT2D eigenvalue weighted by Crippen LogP contribution is 2.53. The first kappa shape index (κ1) is 9.57. The summed E-state index contributed by atoms with van der Waals surface area (Å²) < 4.78 is 21.1. The fourth-order valence-electron chi connectivity index (χ4n) is 2.51. The van der Waals surface area contributed by atoms with Crippen molar-refractivity contribution in [2.75, 3.05) is 20.3 Å². The fourth-order valence-corrected chi connectivity index (χ4v) is 2.51. The number of methoxy groups -OCH3 is 1. The summed E-state index contributed by atoms with van der Waals surface area (Å²) in [7, 11) is 1.35. The van der Waals surface area contributed by atoms with Crippen LogP contribution in [-0.4, -0.2) is 44.8 Å². The van der Waals surface area contributed by atoms with Crippen molar-refractivity contribution in [1.29, 1.82) is 0 Å². The lowest BCUT2D eigenvalue weighted by molar-refractivity contribution is -0.186. The summed E-state index contributed by atoms with van der Waals surface area (Å²) in [6.07, 6.45) is 1.03. The minimum absolute atomic E-state index is 0.0156. The quantitative estimate of drug-likeness (QED) is 0.616. The van der Waals surface area contributed by atoms with Crippen LogP contribution in [0.3, 0.4) is 0 Å². The Morgan fingerprint density at radius 1 is 1.47 bits per heavy atom. The lowest BCUT2D eigenvalue weighted by Gasteiger charge is -2.26. The molecule has 0 aromatic heterocycles. The Hall–Kier alpha value is -0.650. The number of hydrogen-bond donors (Lipinski definition) is 0. The summed E-state index contributed by atoms with van der Waals surface area (Å²) >= 11 is 0. The summed E-state index contributed by atoms with van der Waals surface area (Å²) in [5.41, 5.74) is 0. The second-order valence-electron chi connectivity index (χ2n) is 4.29. The summed E-state index contributed by atoms with van der Waals surface area (Å²) in [4.78, 5) is 11.0. The van der Waals surface area contributed by atoms with Gasteiger partial charge in [0.25, 0.3) is 0 Å². The molecule has 0 aromatic rings. The van der Waals surface area contributed by atoms with E-state index in [2.05, 4.69) is 4.74 Å². The van der Waals surface area contributed by atoms with Gasteiger partial charge in [-0.15, -0.1) is 0 Å². The molecule has 5 heteroatoms. The van der Waals surface area contributed by atoms with Crippen LogP contribution in [0.25, 0.3) is 0 Å². The summed E-state index contributed by atoms with van der Waals surface area (Å²) in [6.45, 7) is 0.655. The van der Waals surface area contributed by atoms with E-state index in [-0.39, 0.29) is 31.1 Å². The number of hydrogen-bond acceptors (Lipinski definition) is 5. The molecule has 5 nitrogen and oxygen atoms in total. The van der Waals surface area contributed by atoms with Crippen molar-refractivity contribution in [1.82, 2.24) is 0 Å². The van der Waals surface area contributed by atoms with Crippen molar-refractivity contribution in [3.8, 4) is 0 Å². The molecule has 0 unspecified atom stereocenters. The van der Waals surface area contributed by atoms with Crippen molar-refractivity contribution in [3.05, 3.63) is 0 Å². The van der Waals surface area contributed by atoms with Gasteiger partial charge in [-0.3, -0.25) is 0 Å². The third kappa shape index (κ3) is 1.55. The number of carbonyl (C=O) groups excluding carboxylic acids is 1. The average Bonchev–Trinajstić information content (AvgIpc) is 2.93. The van der Waals surface area contributed by atoms with Crippen LogP contribution in [0, 0.1) is 11.8 Å². The van der Waals surface area contributed by atoms with Crippen LogP contribution in [-0.2, 0) is 23.7 Å². The Morgan fingerprint density at radius 2 is 2.33 bits per heavy atom. The predicted octanol–water partition coefficient (Wildman–Crippen LogP) is -0.0642. The zero-order valence-corrected chi connectivity index (χ0v) is 8.55. The van der Waals surface area contributed by atoms with Gasteiger partial charge in [0.1, 0.15) is 12.7 Å². The normalized spacial score (nSPS) is 46.1. The van der Waals surface area contributed by atoms with Gasteiger partial charge in [-0.2, -0.15) is 0 Å². The molecule has 3 fully saturated rings. The van der Waals surface area contributed by atoms with E-state index in [4.69, 9.17) is 14.2 Å². The second-order valence-corrected chi connectivity index (χ2v) is 4.29. The van der Waals surface area contributed by atoms with E-state index in [9.17, 15) is 4.79 Å². The smallest absolute Gasteiger partial charge is 0.331 e. The molecule has 3 aliphatic rings. The van der Waals surface area contributed by atoms with E-state index >= 15 is 0 Å². The largest absolute Gasteiger partial charge is 0.467 e. The minimum atomic E-state index is -0.354. The third-order valence-electron chi connectivity index (χ3n) is 3.41. The Kier molecular flexibility index (Phi) is 2.19. The lowest BCUT2D eigenvalue weighted by Crippen LogP contribution is -2.38. The van der Waals surface area contributed by atoms with Gasteiger partial charge in [-0.1, -0.05) is 0 Å². The number of ether oxygens (including phenoxy) is 4. The van der Waals surface area contributed by atoms with Crippen LogP contribution < -0.4 is 0 Å². The maximum atomic E-state index is 11.0. The Morgan fingerprint density at radius 3 is 3.13 bits per heavy atom. The molecule has 3 rings (SSSR count). The molecule has 5 atom stereocenters. The standard InChI is InChI=1S/C10H14O5/c1-12-8(11)4-13-9-6-2-5(6)7-3-14-10(9)15-7/h5-7,9-10H,2-4H2,1H3/t5-,6+,7+,9-,10+/m0/s1. The van der Waals surface area contributed by atoms with E-state index in [1.54, 1.807) is 0 Å². The van der Waals surface area contributed by atoms with Crippen molar-refractivity contribution < 1.29 is 23.7 Å². The van der Waals surface area contributed by atoms with E-state index in [1.807, 2.05) is 0 Å². The highest BCUT2D eigenvalue weighted by molar-refractivity contribution is 5.70. The molecule has 2 aliphatic heterocycles. The van der Waals surface area contributed by atoms with E-state index in [0.29, 0.717) is 18.4 Å². The fraction of sp³-hybridized carbons (Fsp3) is 0.900. The van der Waals surface area contributed by atoms with Gasteiger partial charge in [0.15, 0.2) is 6.29 Å². The molecule has 0 aromatic carbocycles. The van der Waals surface area contributed by atoms with Gasteiger partial charge >= 0.3 is 5.97 Å². The average molecular weight is 214 g/mol. The van der Waals surface area contributed by atoms with Crippen molar-refractivity contribution in [2.45, 2.75) is 24.9 Å². The molecule has 0 spiro atoms. The molecule has 0 amide bonds. The highest BCUT2D eigenvalue weighted by atomic mass is 16.7. The molecule has 15 heavy (non-hydrogen) atoms. The monoisotopic (exact) mass is 214 g/mol. The third-order valence-corrected chi connectivity index (χ3v) is 3.41. The van der Waals surface area contributed by atoms with Crippen LogP contribution in [0.1, 0.15) is 6.42 Å². The first-order valence-electron chi connectivity index (χ1n) is 5.25. The predicted molar refractivity (Wildman–Crippen MR) is 48.0 cm³/mol. The number of carbonyl (C=O) groups is 1. The zero-order valence-electron chi connectivity index (χ0n) is 8.55. The second kappa shape index (κ2) is 3.43. The van der Waals surface area contributed by atoms with Gasteiger partial charge in [0.05, 0.1) is 19.8 Å². The van der Waals surface area contributed by atoms with E-state index < -0.39 is 0 Å². The highest BCUT2D eigenvalue weighted by Gasteiger charge is 2.59. The van der Waals surface area contributed by atoms with Gasteiger partial charge < -0.3 is 18.9 Å². The first-order valence-corrected chi connectivity index (χ1v) is 5.25. The van der Waals surface area contributed by atoms with Crippen LogP contribution in [0.5, 0.6) is 0 Å². The molecule has 2 bridgehead atoms. The van der Waals surface area contributed by atoms with E-state index in [1.165, 1.54) is 7.11 Å². The van der Waals surface area contributed by atoms with Gasteiger partial charge in [0.2, 0.25) is 0 Å². The number of esters is 1. The zero-order chi connectivity index (χ0) is 10.4. The summed E-state index contributed by atoms with van der Waals surface area (Å²) in [5.74, 6) is 0.736. The Labute approximate surface area is 87.6 Å². The van der Waals surface area contributed by atoms with Gasteiger partial charge in [-0.25, -0.2) is 4.79 Å². The van der Waals surface area contributed by atoms with Gasteiger partial charge in [0, 0.05) is 0 Å². The SMILES string of the molecule is COC(=O)CO[C@@H]1[C@@H]2OC[C@@H](O2)[C@H]2C[C@H]21. The summed E-state index contributed by atoms with van der Waals surface area (Å²) in [5, 5.41) is 0. The van der Waals surface area contributed by atoms with E-state index in [0.717, 1.165) is 6.42 Å². The minimum Gasteiger partial charge on any atom is -0.467 e. The van der Waals surface area contributed by atoms with Gasteiger partial charge in [-0.05, 0) is 18.3 Å². The van der Waals surface area contributed by atoms with Crippen LogP contribution in [0.4, 0.5) is 0 Å². The number of fused-ring (bicyclic) bond motifs is 4. The Bertz CT molecular complexity index is 279. The first-order chi connectivity index (χ1) is 7.29. The molecule has 1 saturated carbocycles. The van der Waals surface area contributed by atoms with Crippen molar-refractivity contribution in [3.63, 3.8) is 0 Å². The van der Waals surface area contributed by atoms with Crippen molar-refractivity contribution >= 4 is 5.97 Å².